The van der Waals surface area contributed by atoms with Crippen molar-refractivity contribution in [2.24, 2.45) is 0 Å². The molecule has 17 heavy (non-hydrogen) atoms. The van der Waals surface area contributed by atoms with Crippen molar-refractivity contribution in [2.75, 3.05) is 11.9 Å². The molecule has 0 spiro atoms. The maximum Gasteiger partial charge on any atom is 0.253 e. The molecule has 1 atom stereocenters. The number of carbonyl (C=O) groups excluding carboxylic acids is 1. The van der Waals surface area contributed by atoms with Gasteiger partial charge in [0.2, 0.25) is 0 Å². The van der Waals surface area contributed by atoms with E-state index in [0.717, 1.165) is 19.3 Å². The molecule has 2 heterocycles. The van der Waals surface area contributed by atoms with Crippen LogP contribution in [0, 0.1) is 0 Å². The van der Waals surface area contributed by atoms with Crippen molar-refractivity contribution in [3.63, 3.8) is 0 Å². The van der Waals surface area contributed by atoms with Crippen molar-refractivity contribution in [2.45, 2.75) is 32.0 Å². The predicted octanol–water partition coefficient (Wildman–Crippen LogP) is 1.08. The molecular weight excluding hydrogens is 220 g/mol. The molecule has 92 valence electrons. The van der Waals surface area contributed by atoms with E-state index < -0.39 is 0 Å². The third-order valence-electron chi connectivity index (χ3n) is 2.81. The molecule has 1 fully saturated rings. The summed E-state index contributed by atoms with van der Waals surface area (Å²) in [6.45, 7) is 0.516. The molecule has 1 saturated heterocycles. The van der Waals surface area contributed by atoms with Crippen LogP contribution in [0.1, 0.15) is 24.8 Å². The van der Waals surface area contributed by atoms with Crippen LogP contribution in [0.3, 0.4) is 0 Å². The molecule has 0 aromatic carbocycles. The molecule has 2 rings (SSSR count). The van der Waals surface area contributed by atoms with Crippen molar-refractivity contribution in [1.82, 2.24) is 4.98 Å². The van der Waals surface area contributed by atoms with E-state index in [9.17, 15) is 4.79 Å². The first-order valence-corrected chi connectivity index (χ1v) is 5.77. The Labute approximate surface area is 99.8 Å². The lowest BCUT2D eigenvalue weighted by Crippen LogP contribution is -2.33. The first-order chi connectivity index (χ1) is 8.31. The number of aliphatic hydroxyl groups is 1. The summed E-state index contributed by atoms with van der Waals surface area (Å²) in [5.74, 6) is -0.160. The monoisotopic (exact) mass is 236 g/mol. The number of nitrogens with zero attached hydrogens (tertiary/aromatic N) is 1. The maximum atomic E-state index is 11.9. The Bertz CT molecular complexity index is 389. The standard InChI is InChI=1S/C12H16N2O3/c15-8-9-4-5-13-7-10(9)14-12(16)11-3-1-2-6-17-11/h4-5,7,11,15H,1-3,6,8H2,(H,14,16). The zero-order valence-corrected chi connectivity index (χ0v) is 9.56. The lowest BCUT2D eigenvalue weighted by molar-refractivity contribution is -0.129. The van der Waals surface area contributed by atoms with Gasteiger partial charge >= 0.3 is 0 Å². The van der Waals surface area contributed by atoms with Crippen molar-refractivity contribution in [3.8, 4) is 0 Å². The van der Waals surface area contributed by atoms with E-state index in [0.29, 0.717) is 17.9 Å². The fourth-order valence-corrected chi connectivity index (χ4v) is 1.83. The largest absolute Gasteiger partial charge is 0.392 e. The van der Waals surface area contributed by atoms with Gasteiger partial charge in [0.1, 0.15) is 6.10 Å². The van der Waals surface area contributed by atoms with E-state index >= 15 is 0 Å². The Morgan fingerprint density at radius 1 is 1.59 bits per heavy atom. The summed E-state index contributed by atoms with van der Waals surface area (Å²) in [7, 11) is 0. The number of hydrogen-bond acceptors (Lipinski definition) is 4. The molecule has 2 N–H and O–H groups in total. The molecule has 1 aromatic rings. The van der Waals surface area contributed by atoms with Gasteiger partial charge < -0.3 is 15.2 Å². The van der Waals surface area contributed by atoms with Gasteiger partial charge in [0.05, 0.1) is 18.5 Å². The first kappa shape index (κ1) is 12.0. The highest BCUT2D eigenvalue weighted by Crippen LogP contribution is 2.17. The topological polar surface area (TPSA) is 71.5 Å². The number of ether oxygens (including phenoxy) is 1. The first-order valence-electron chi connectivity index (χ1n) is 5.77. The molecule has 0 saturated carbocycles. The number of rotatable bonds is 3. The van der Waals surface area contributed by atoms with Crippen LogP contribution in [0.15, 0.2) is 18.5 Å². The lowest BCUT2D eigenvalue weighted by atomic mass is 10.1. The molecule has 1 unspecified atom stereocenters. The molecule has 5 nitrogen and oxygen atoms in total. The zero-order chi connectivity index (χ0) is 12.1. The maximum absolute atomic E-state index is 11.9. The average Bonchev–Trinajstić information content (AvgIpc) is 2.40. The van der Waals surface area contributed by atoms with Gasteiger partial charge in [0.15, 0.2) is 0 Å². The quantitative estimate of drug-likeness (QED) is 0.823. The van der Waals surface area contributed by atoms with Crippen molar-refractivity contribution >= 4 is 11.6 Å². The highest BCUT2D eigenvalue weighted by Gasteiger charge is 2.22. The minimum absolute atomic E-state index is 0.121. The summed E-state index contributed by atoms with van der Waals surface area (Å²) in [4.78, 5) is 15.8. The number of nitrogens with one attached hydrogen (secondary N) is 1. The molecule has 0 aliphatic carbocycles. The van der Waals surface area contributed by atoms with E-state index in [4.69, 9.17) is 9.84 Å². The van der Waals surface area contributed by atoms with Gasteiger partial charge in [-0.2, -0.15) is 0 Å². The second-order valence-corrected chi connectivity index (χ2v) is 4.04. The summed E-state index contributed by atoms with van der Waals surface area (Å²) in [5.41, 5.74) is 1.21. The second kappa shape index (κ2) is 5.75. The number of pyridine rings is 1. The molecule has 0 bridgehead atoms. The fraction of sp³-hybridized carbons (Fsp3) is 0.500. The SMILES string of the molecule is O=C(Nc1cnccc1CO)C1CCCCO1. The van der Waals surface area contributed by atoms with Crippen LogP contribution in [0.25, 0.3) is 0 Å². The van der Waals surface area contributed by atoms with Crippen LogP contribution in [-0.2, 0) is 16.1 Å². The summed E-state index contributed by atoms with van der Waals surface area (Å²) in [6, 6.07) is 1.68. The van der Waals surface area contributed by atoms with E-state index in [-0.39, 0.29) is 18.6 Å². The molecular formula is C12H16N2O3. The molecule has 1 aliphatic rings. The zero-order valence-electron chi connectivity index (χ0n) is 9.56. The number of amides is 1. The fourth-order valence-electron chi connectivity index (χ4n) is 1.83. The number of aliphatic hydroxyl groups excluding tert-OH is 1. The molecule has 5 heteroatoms. The van der Waals surface area contributed by atoms with Gasteiger partial charge in [-0.05, 0) is 25.3 Å². The van der Waals surface area contributed by atoms with E-state index in [1.54, 1.807) is 12.3 Å². The van der Waals surface area contributed by atoms with E-state index in [1.807, 2.05) is 0 Å². The smallest absolute Gasteiger partial charge is 0.253 e. The molecule has 0 radical (unpaired) electrons. The van der Waals surface area contributed by atoms with Crippen molar-refractivity contribution in [3.05, 3.63) is 24.0 Å². The second-order valence-electron chi connectivity index (χ2n) is 4.04. The summed E-state index contributed by atoms with van der Waals surface area (Å²) in [5, 5.41) is 11.9. The van der Waals surface area contributed by atoms with Crippen LogP contribution in [0.4, 0.5) is 5.69 Å². The van der Waals surface area contributed by atoms with Crippen LogP contribution < -0.4 is 5.32 Å². The Morgan fingerprint density at radius 2 is 2.47 bits per heavy atom. The van der Waals surface area contributed by atoms with Crippen LogP contribution in [0.5, 0.6) is 0 Å². The van der Waals surface area contributed by atoms with Crippen LogP contribution in [-0.4, -0.2) is 28.7 Å². The molecule has 1 aromatic heterocycles. The number of carbonyl (C=O) groups is 1. The van der Waals surface area contributed by atoms with Crippen molar-refractivity contribution in [1.29, 1.82) is 0 Å². The highest BCUT2D eigenvalue weighted by molar-refractivity contribution is 5.94. The van der Waals surface area contributed by atoms with Gasteiger partial charge in [-0.15, -0.1) is 0 Å². The summed E-state index contributed by atoms with van der Waals surface area (Å²) < 4.78 is 5.39. The molecule has 1 amide bonds. The van der Waals surface area contributed by atoms with Gasteiger partial charge in [0.25, 0.3) is 5.91 Å². The van der Waals surface area contributed by atoms with Gasteiger partial charge in [-0.1, -0.05) is 0 Å². The Hall–Kier alpha value is -1.46. The average molecular weight is 236 g/mol. The number of aromatic nitrogens is 1. The Kier molecular flexibility index (Phi) is 4.06. The number of hydrogen-bond donors (Lipinski definition) is 2. The summed E-state index contributed by atoms with van der Waals surface area (Å²) >= 11 is 0. The lowest BCUT2D eigenvalue weighted by Gasteiger charge is -2.22. The minimum atomic E-state index is -0.379. The van der Waals surface area contributed by atoms with Crippen LogP contribution in [0.2, 0.25) is 0 Å². The van der Waals surface area contributed by atoms with Crippen LogP contribution >= 0.6 is 0 Å². The van der Waals surface area contributed by atoms with Crippen molar-refractivity contribution < 1.29 is 14.6 Å². The minimum Gasteiger partial charge on any atom is -0.392 e. The summed E-state index contributed by atoms with van der Waals surface area (Å²) in [6.07, 6.45) is 5.51. The van der Waals surface area contributed by atoms with E-state index in [2.05, 4.69) is 10.3 Å². The molecule has 1 aliphatic heterocycles. The Morgan fingerprint density at radius 3 is 3.18 bits per heavy atom. The van der Waals surface area contributed by atoms with Gasteiger partial charge in [-0.25, -0.2) is 0 Å². The highest BCUT2D eigenvalue weighted by atomic mass is 16.5. The third-order valence-corrected chi connectivity index (χ3v) is 2.81. The van der Waals surface area contributed by atoms with Gasteiger partial charge in [0, 0.05) is 18.4 Å². The third kappa shape index (κ3) is 3.01. The normalized spacial score (nSPS) is 19.9. The Balaban J connectivity index is 2.01. The van der Waals surface area contributed by atoms with Gasteiger partial charge in [-0.3, -0.25) is 9.78 Å². The van der Waals surface area contributed by atoms with E-state index in [1.165, 1.54) is 6.20 Å². The number of anilines is 1. The predicted molar refractivity (Wildman–Crippen MR) is 62.4 cm³/mol.